The van der Waals surface area contributed by atoms with Gasteiger partial charge in [-0.3, -0.25) is 9.59 Å². The fourth-order valence-electron chi connectivity index (χ4n) is 6.30. The number of carbonyl (C=O) groups excluding carboxylic acids is 2. The standard InChI is InChI=1S/C32H45N5O3/c1-5-6-11-24(36-31(39)29-21(2)28-26(33-29)19-32(3,4)20-27(28)38)30-34-23-13-12-22(18-25(23)35-30)40-17-10-16-37-14-8-7-9-15-37/h12-13,18,24,33H,5-11,14-17,19-20H2,1-4H3,(H,34,35)(H,36,39)/t24-/m0/s1. The maximum absolute atomic E-state index is 13.5. The maximum Gasteiger partial charge on any atom is 0.268 e. The highest BCUT2D eigenvalue weighted by molar-refractivity contribution is 6.04. The van der Waals surface area contributed by atoms with E-state index in [0.29, 0.717) is 24.3 Å². The van der Waals surface area contributed by atoms with Crippen LogP contribution >= 0.6 is 0 Å². The SMILES string of the molecule is CCCC[C@H](NC(=O)c1[nH]c2c(c1C)C(=O)CC(C)(C)C2)c1nc2ccc(OCCCN3CCCCC3)cc2[nH]1. The zero-order valence-electron chi connectivity index (χ0n) is 24.6. The van der Waals surface area contributed by atoms with E-state index in [-0.39, 0.29) is 23.1 Å². The monoisotopic (exact) mass is 547 g/mol. The molecule has 1 saturated heterocycles. The molecule has 3 heterocycles. The van der Waals surface area contributed by atoms with Crippen molar-refractivity contribution in [1.29, 1.82) is 0 Å². The Kier molecular flexibility index (Phi) is 8.64. The van der Waals surface area contributed by atoms with Crippen LogP contribution in [0.1, 0.15) is 116 Å². The molecule has 1 aromatic carbocycles. The Morgan fingerprint density at radius 3 is 2.73 bits per heavy atom. The van der Waals surface area contributed by atoms with Gasteiger partial charge >= 0.3 is 0 Å². The molecule has 0 spiro atoms. The Hall–Kier alpha value is -3.13. The van der Waals surface area contributed by atoms with Crippen LogP contribution in [0.25, 0.3) is 11.0 Å². The van der Waals surface area contributed by atoms with E-state index in [1.54, 1.807) is 0 Å². The summed E-state index contributed by atoms with van der Waals surface area (Å²) in [5.74, 6) is 1.49. The molecule has 3 aromatic rings. The average molecular weight is 548 g/mol. The molecule has 2 aliphatic rings. The number of ether oxygens (including phenoxy) is 1. The molecule has 1 atom stereocenters. The first-order chi connectivity index (χ1) is 19.2. The number of piperidine rings is 1. The molecule has 0 unspecified atom stereocenters. The molecule has 5 rings (SSSR count). The number of unbranched alkanes of at least 4 members (excludes halogenated alkanes) is 1. The first-order valence-corrected chi connectivity index (χ1v) is 15.1. The maximum atomic E-state index is 13.5. The lowest BCUT2D eigenvalue weighted by atomic mass is 9.75. The molecular formula is C32H45N5O3. The number of nitrogens with zero attached hydrogens (tertiary/aromatic N) is 2. The average Bonchev–Trinajstić information content (AvgIpc) is 3.49. The van der Waals surface area contributed by atoms with Gasteiger partial charge in [-0.1, -0.05) is 40.0 Å². The molecule has 40 heavy (non-hydrogen) atoms. The van der Waals surface area contributed by atoms with Crippen LogP contribution in [0.2, 0.25) is 0 Å². The Morgan fingerprint density at radius 1 is 1.15 bits per heavy atom. The van der Waals surface area contributed by atoms with Crippen LogP contribution in [-0.2, 0) is 6.42 Å². The minimum absolute atomic E-state index is 0.108. The summed E-state index contributed by atoms with van der Waals surface area (Å²) in [6, 6.07) is 5.69. The van der Waals surface area contributed by atoms with Gasteiger partial charge < -0.3 is 24.9 Å². The highest BCUT2D eigenvalue weighted by Crippen LogP contribution is 2.37. The molecule has 2 aromatic heterocycles. The topological polar surface area (TPSA) is 103 Å². The largest absolute Gasteiger partial charge is 0.493 e. The minimum Gasteiger partial charge on any atom is -0.493 e. The predicted octanol–water partition coefficient (Wildman–Crippen LogP) is 6.27. The quantitative estimate of drug-likeness (QED) is 0.246. The first-order valence-electron chi connectivity index (χ1n) is 15.1. The van der Waals surface area contributed by atoms with Gasteiger partial charge in [-0.2, -0.15) is 0 Å². The number of Topliss-reactive ketones (excluding diaryl/α,β-unsaturated/α-hetero) is 1. The minimum atomic E-state index is -0.263. The Balaban J connectivity index is 1.27. The molecule has 216 valence electrons. The third-order valence-corrected chi connectivity index (χ3v) is 8.42. The normalized spacial score (nSPS) is 18.1. The molecule has 0 radical (unpaired) electrons. The smallest absolute Gasteiger partial charge is 0.268 e. The van der Waals surface area contributed by atoms with Crippen molar-refractivity contribution in [3.05, 3.63) is 46.5 Å². The fraction of sp³-hybridized carbons (Fsp3) is 0.594. The summed E-state index contributed by atoms with van der Waals surface area (Å²) in [4.78, 5) is 40.5. The van der Waals surface area contributed by atoms with Crippen molar-refractivity contribution < 1.29 is 14.3 Å². The Bertz CT molecular complexity index is 1350. The second-order valence-electron chi connectivity index (χ2n) is 12.5. The van der Waals surface area contributed by atoms with E-state index in [1.807, 2.05) is 25.1 Å². The summed E-state index contributed by atoms with van der Waals surface area (Å²) >= 11 is 0. The van der Waals surface area contributed by atoms with Gasteiger partial charge in [0.05, 0.1) is 23.7 Å². The lowest BCUT2D eigenvalue weighted by molar-refractivity contribution is 0.0908. The van der Waals surface area contributed by atoms with Gasteiger partial charge in [0.1, 0.15) is 17.3 Å². The number of imidazole rings is 1. The summed E-state index contributed by atoms with van der Waals surface area (Å²) in [6.45, 7) is 12.4. The predicted molar refractivity (Wildman–Crippen MR) is 158 cm³/mol. The van der Waals surface area contributed by atoms with Gasteiger partial charge in [-0.25, -0.2) is 4.98 Å². The van der Waals surface area contributed by atoms with Crippen molar-refractivity contribution in [2.24, 2.45) is 5.41 Å². The van der Waals surface area contributed by atoms with Gasteiger partial charge in [0.2, 0.25) is 0 Å². The van der Waals surface area contributed by atoms with E-state index in [4.69, 9.17) is 9.72 Å². The molecular weight excluding hydrogens is 502 g/mol. The number of amides is 1. The Morgan fingerprint density at radius 2 is 1.95 bits per heavy atom. The van der Waals surface area contributed by atoms with Crippen LogP contribution in [0.15, 0.2) is 18.2 Å². The van der Waals surface area contributed by atoms with Gasteiger partial charge in [0.25, 0.3) is 5.91 Å². The number of aromatic nitrogens is 3. The highest BCUT2D eigenvalue weighted by Gasteiger charge is 2.35. The van der Waals surface area contributed by atoms with Crippen molar-refractivity contribution in [1.82, 2.24) is 25.2 Å². The number of rotatable bonds is 11. The highest BCUT2D eigenvalue weighted by atomic mass is 16.5. The number of hydrogen-bond acceptors (Lipinski definition) is 5. The van der Waals surface area contributed by atoms with Crippen molar-refractivity contribution >= 4 is 22.7 Å². The number of aromatic amines is 2. The van der Waals surface area contributed by atoms with Gasteiger partial charge in [0, 0.05) is 30.3 Å². The summed E-state index contributed by atoms with van der Waals surface area (Å²) in [5, 5.41) is 3.21. The lowest BCUT2D eigenvalue weighted by Crippen LogP contribution is -2.31. The number of carbonyl (C=O) groups is 2. The zero-order chi connectivity index (χ0) is 28.3. The summed E-state index contributed by atoms with van der Waals surface area (Å²) in [7, 11) is 0. The molecule has 0 bridgehead atoms. The zero-order valence-corrected chi connectivity index (χ0v) is 24.6. The number of hydrogen-bond donors (Lipinski definition) is 3. The van der Waals surface area contributed by atoms with Crippen molar-refractivity contribution in [3.63, 3.8) is 0 Å². The number of ketones is 1. The lowest BCUT2D eigenvalue weighted by Gasteiger charge is -2.28. The van der Waals surface area contributed by atoms with E-state index < -0.39 is 0 Å². The van der Waals surface area contributed by atoms with Crippen LogP contribution in [0.3, 0.4) is 0 Å². The van der Waals surface area contributed by atoms with Crippen LogP contribution in [0.4, 0.5) is 0 Å². The van der Waals surface area contributed by atoms with Crippen molar-refractivity contribution in [2.75, 3.05) is 26.2 Å². The molecule has 1 aliphatic carbocycles. The number of nitrogens with one attached hydrogen (secondary N) is 3. The number of fused-ring (bicyclic) bond motifs is 2. The molecule has 1 fully saturated rings. The van der Waals surface area contributed by atoms with E-state index in [9.17, 15) is 9.59 Å². The molecule has 0 saturated carbocycles. The van der Waals surface area contributed by atoms with Crippen LogP contribution in [0, 0.1) is 12.3 Å². The summed E-state index contributed by atoms with van der Waals surface area (Å²) in [5.41, 5.74) is 4.44. The number of likely N-dealkylation sites (tertiary alicyclic amines) is 1. The second kappa shape index (κ2) is 12.2. The van der Waals surface area contributed by atoms with E-state index in [1.165, 1.54) is 32.4 Å². The second-order valence-corrected chi connectivity index (χ2v) is 12.5. The van der Waals surface area contributed by atoms with Crippen LogP contribution in [0.5, 0.6) is 5.75 Å². The third-order valence-electron chi connectivity index (χ3n) is 8.42. The summed E-state index contributed by atoms with van der Waals surface area (Å²) in [6.07, 6.45) is 9.00. The van der Waals surface area contributed by atoms with Gasteiger partial charge in [0.15, 0.2) is 5.78 Å². The van der Waals surface area contributed by atoms with E-state index >= 15 is 0 Å². The van der Waals surface area contributed by atoms with E-state index in [0.717, 1.165) is 72.5 Å². The number of H-pyrrole nitrogens is 2. The molecule has 3 N–H and O–H groups in total. The van der Waals surface area contributed by atoms with Crippen LogP contribution < -0.4 is 10.1 Å². The van der Waals surface area contributed by atoms with E-state index in [2.05, 4.69) is 41.0 Å². The van der Waals surface area contributed by atoms with Gasteiger partial charge in [-0.05, 0) is 75.2 Å². The van der Waals surface area contributed by atoms with Crippen molar-refractivity contribution in [2.45, 2.75) is 91.5 Å². The number of benzene rings is 1. The molecule has 1 aliphatic heterocycles. The molecule has 8 heteroatoms. The molecule has 8 nitrogen and oxygen atoms in total. The van der Waals surface area contributed by atoms with Crippen molar-refractivity contribution in [3.8, 4) is 5.75 Å². The third kappa shape index (κ3) is 6.43. The molecule has 1 amide bonds. The fourth-order valence-corrected chi connectivity index (χ4v) is 6.30. The Labute approximate surface area is 237 Å². The van der Waals surface area contributed by atoms with Gasteiger partial charge in [-0.15, -0.1) is 0 Å². The summed E-state index contributed by atoms with van der Waals surface area (Å²) < 4.78 is 6.06. The first kappa shape index (κ1) is 28.4. The van der Waals surface area contributed by atoms with Crippen LogP contribution in [-0.4, -0.2) is 57.8 Å².